The highest BCUT2D eigenvalue weighted by molar-refractivity contribution is 5.85. The summed E-state index contributed by atoms with van der Waals surface area (Å²) in [6, 6.07) is 8.66. The highest BCUT2D eigenvalue weighted by Crippen LogP contribution is 2.10. The van der Waals surface area contributed by atoms with Crippen LogP contribution in [0.5, 0.6) is 5.88 Å². The average molecular weight is 232 g/mol. The van der Waals surface area contributed by atoms with Crippen molar-refractivity contribution in [1.29, 1.82) is 0 Å². The van der Waals surface area contributed by atoms with Crippen LogP contribution in [-0.4, -0.2) is 27.7 Å². The van der Waals surface area contributed by atoms with Crippen molar-refractivity contribution >= 4 is 5.97 Å². The van der Waals surface area contributed by atoms with Crippen molar-refractivity contribution in [3.8, 4) is 5.88 Å². The summed E-state index contributed by atoms with van der Waals surface area (Å²) in [5.74, 6) is -0.426. The maximum Gasteiger partial charge on any atom is 0.352 e. The largest absolute Gasteiger partial charge is 0.481 e. The first-order valence-electron chi connectivity index (χ1n) is 5.09. The van der Waals surface area contributed by atoms with Gasteiger partial charge in [0, 0.05) is 12.3 Å². The second kappa shape index (κ2) is 4.69. The van der Waals surface area contributed by atoms with Gasteiger partial charge in [-0.3, -0.25) is 0 Å². The molecule has 0 bridgehead atoms. The molecular weight excluding hydrogens is 220 g/mol. The van der Waals surface area contributed by atoms with E-state index >= 15 is 0 Å². The molecule has 0 aliphatic carbocycles. The van der Waals surface area contributed by atoms with Crippen molar-refractivity contribution in [2.45, 2.75) is 6.54 Å². The van der Waals surface area contributed by atoms with Crippen LogP contribution in [0.1, 0.15) is 16.2 Å². The third kappa shape index (κ3) is 2.44. The topological polar surface area (TPSA) is 64.3 Å². The van der Waals surface area contributed by atoms with Gasteiger partial charge < -0.3 is 14.4 Å². The Kier molecular flexibility index (Phi) is 3.09. The lowest BCUT2D eigenvalue weighted by atomic mass is 10.3. The number of carboxylic acids is 1. The van der Waals surface area contributed by atoms with Gasteiger partial charge in [-0.15, -0.1) is 0 Å². The zero-order valence-electron chi connectivity index (χ0n) is 9.33. The van der Waals surface area contributed by atoms with Crippen LogP contribution in [0.15, 0.2) is 36.5 Å². The van der Waals surface area contributed by atoms with Gasteiger partial charge in [0.15, 0.2) is 0 Å². The van der Waals surface area contributed by atoms with Crippen LogP contribution in [0.2, 0.25) is 0 Å². The Bertz CT molecular complexity index is 534. The van der Waals surface area contributed by atoms with Crippen LogP contribution in [0.3, 0.4) is 0 Å². The number of rotatable bonds is 4. The summed E-state index contributed by atoms with van der Waals surface area (Å²) in [5.41, 5.74) is 0.998. The fourth-order valence-electron chi connectivity index (χ4n) is 1.58. The number of carbonyl (C=O) groups is 1. The maximum atomic E-state index is 10.9. The number of hydrogen-bond donors (Lipinski definition) is 1. The van der Waals surface area contributed by atoms with Crippen LogP contribution in [0.25, 0.3) is 0 Å². The molecule has 0 unspecified atom stereocenters. The Morgan fingerprint density at radius 3 is 2.94 bits per heavy atom. The number of nitrogens with zero attached hydrogens (tertiary/aromatic N) is 2. The second-order valence-corrected chi connectivity index (χ2v) is 3.50. The molecule has 0 radical (unpaired) electrons. The van der Waals surface area contributed by atoms with Crippen LogP contribution in [-0.2, 0) is 6.54 Å². The van der Waals surface area contributed by atoms with Gasteiger partial charge in [0.25, 0.3) is 0 Å². The quantitative estimate of drug-likeness (QED) is 0.870. The summed E-state index contributed by atoms with van der Waals surface area (Å²) in [7, 11) is 1.55. The first-order valence-corrected chi connectivity index (χ1v) is 5.09. The van der Waals surface area contributed by atoms with Crippen molar-refractivity contribution in [2.24, 2.45) is 0 Å². The predicted octanol–water partition coefficient (Wildman–Crippen LogP) is 1.64. The molecule has 0 fully saturated rings. The van der Waals surface area contributed by atoms with Gasteiger partial charge in [-0.05, 0) is 18.2 Å². The fraction of sp³-hybridized carbons (Fsp3) is 0.167. The molecule has 0 aliphatic rings. The monoisotopic (exact) mass is 232 g/mol. The molecule has 1 N–H and O–H groups in total. The molecule has 5 heteroatoms. The lowest BCUT2D eigenvalue weighted by Crippen LogP contribution is -2.09. The highest BCUT2D eigenvalue weighted by atomic mass is 16.5. The highest BCUT2D eigenvalue weighted by Gasteiger charge is 2.09. The first-order chi connectivity index (χ1) is 8.20. The number of aromatic carboxylic acids is 1. The molecule has 0 spiro atoms. The normalized spacial score (nSPS) is 10.2. The number of aromatic nitrogens is 2. The Morgan fingerprint density at radius 2 is 2.24 bits per heavy atom. The molecule has 88 valence electrons. The average Bonchev–Trinajstić information content (AvgIpc) is 2.77. The summed E-state index contributed by atoms with van der Waals surface area (Å²) >= 11 is 0. The first kappa shape index (κ1) is 11.2. The van der Waals surface area contributed by atoms with Crippen molar-refractivity contribution < 1.29 is 14.6 Å². The lowest BCUT2D eigenvalue weighted by Gasteiger charge is -2.06. The zero-order chi connectivity index (χ0) is 12.3. The van der Waals surface area contributed by atoms with Gasteiger partial charge >= 0.3 is 5.97 Å². The predicted molar refractivity (Wildman–Crippen MR) is 61.3 cm³/mol. The van der Waals surface area contributed by atoms with Crippen molar-refractivity contribution in [3.05, 3.63) is 47.9 Å². The van der Waals surface area contributed by atoms with E-state index in [2.05, 4.69) is 4.98 Å². The van der Waals surface area contributed by atoms with Gasteiger partial charge in [0.2, 0.25) is 5.88 Å². The summed E-state index contributed by atoms with van der Waals surface area (Å²) in [6.45, 7) is 0.409. The number of ether oxygens (including phenoxy) is 1. The van der Waals surface area contributed by atoms with Gasteiger partial charge in [-0.2, -0.15) is 0 Å². The Hall–Kier alpha value is -2.30. The van der Waals surface area contributed by atoms with Crippen molar-refractivity contribution in [2.75, 3.05) is 7.11 Å². The molecular formula is C12H12N2O3. The molecule has 2 rings (SSSR count). The van der Waals surface area contributed by atoms with Crippen LogP contribution in [0.4, 0.5) is 0 Å². The van der Waals surface area contributed by atoms with Gasteiger partial charge in [0.05, 0.1) is 19.3 Å². The van der Waals surface area contributed by atoms with E-state index in [-0.39, 0.29) is 5.69 Å². The number of carboxylic acid groups (broad SMARTS) is 1. The minimum Gasteiger partial charge on any atom is -0.481 e. The molecule has 0 saturated carbocycles. The standard InChI is InChI=1S/C12H12N2O3/c1-17-11-6-2-4-9(13-11)8-14-7-3-5-10(14)12(15)16/h2-7H,8H2,1H3,(H,15,16). The number of pyridine rings is 1. The molecule has 2 aromatic rings. The molecule has 0 aromatic carbocycles. The Labute approximate surface area is 98.3 Å². The third-order valence-corrected chi connectivity index (χ3v) is 2.37. The molecule has 0 saturated heterocycles. The molecule has 0 amide bonds. The van der Waals surface area contributed by atoms with E-state index in [1.165, 1.54) is 0 Å². The number of hydrogen-bond acceptors (Lipinski definition) is 3. The zero-order valence-corrected chi connectivity index (χ0v) is 9.33. The van der Waals surface area contributed by atoms with Crippen LogP contribution in [0, 0.1) is 0 Å². The molecule has 0 atom stereocenters. The van der Waals surface area contributed by atoms with E-state index in [1.54, 1.807) is 36.1 Å². The number of methoxy groups -OCH3 is 1. The van der Waals surface area contributed by atoms with Crippen molar-refractivity contribution in [3.63, 3.8) is 0 Å². The van der Waals surface area contributed by atoms with Gasteiger partial charge in [-0.1, -0.05) is 6.07 Å². The minimum absolute atomic E-state index is 0.245. The van der Waals surface area contributed by atoms with E-state index in [0.29, 0.717) is 12.4 Å². The lowest BCUT2D eigenvalue weighted by molar-refractivity contribution is 0.0685. The van der Waals surface area contributed by atoms with Crippen LogP contribution < -0.4 is 4.74 Å². The van der Waals surface area contributed by atoms with E-state index in [1.807, 2.05) is 12.1 Å². The third-order valence-electron chi connectivity index (χ3n) is 2.37. The van der Waals surface area contributed by atoms with Gasteiger partial charge in [0.1, 0.15) is 5.69 Å². The molecule has 2 aromatic heterocycles. The van der Waals surface area contributed by atoms with E-state index in [4.69, 9.17) is 9.84 Å². The molecule has 2 heterocycles. The second-order valence-electron chi connectivity index (χ2n) is 3.50. The van der Waals surface area contributed by atoms with Crippen LogP contribution >= 0.6 is 0 Å². The fourth-order valence-corrected chi connectivity index (χ4v) is 1.58. The molecule has 0 aliphatic heterocycles. The van der Waals surface area contributed by atoms with E-state index < -0.39 is 5.97 Å². The smallest absolute Gasteiger partial charge is 0.352 e. The van der Waals surface area contributed by atoms with Gasteiger partial charge in [-0.25, -0.2) is 9.78 Å². The summed E-state index contributed by atoms with van der Waals surface area (Å²) < 4.78 is 6.64. The SMILES string of the molecule is COc1cccc(Cn2cccc2C(=O)O)n1. The summed E-state index contributed by atoms with van der Waals surface area (Å²) in [4.78, 5) is 15.2. The summed E-state index contributed by atoms with van der Waals surface area (Å²) in [5, 5.41) is 8.97. The molecule has 5 nitrogen and oxygen atoms in total. The molecule has 17 heavy (non-hydrogen) atoms. The van der Waals surface area contributed by atoms with Crippen molar-refractivity contribution in [1.82, 2.24) is 9.55 Å². The Balaban J connectivity index is 2.25. The van der Waals surface area contributed by atoms with E-state index in [0.717, 1.165) is 5.69 Å². The maximum absolute atomic E-state index is 10.9. The Morgan fingerprint density at radius 1 is 1.41 bits per heavy atom. The minimum atomic E-state index is -0.946. The van der Waals surface area contributed by atoms with E-state index in [9.17, 15) is 4.79 Å². The summed E-state index contributed by atoms with van der Waals surface area (Å²) in [6.07, 6.45) is 1.71.